The van der Waals surface area contributed by atoms with Gasteiger partial charge < -0.3 is 10.6 Å². The summed E-state index contributed by atoms with van der Waals surface area (Å²) in [5.74, 6) is -0.624. The summed E-state index contributed by atoms with van der Waals surface area (Å²) in [5, 5.41) is 6.07. The first-order chi connectivity index (χ1) is 11.5. The lowest BCUT2D eigenvalue weighted by Crippen LogP contribution is -2.35. The zero-order valence-electron chi connectivity index (χ0n) is 13.0. The average molecular weight is 349 g/mol. The Labute approximate surface area is 145 Å². The minimum Gasteiger partial charge on any atom is -0.354 e. The lowest BCUT2D eigenvalue weighted by molar-refractivity contribution is -0.122. The highest BCUT2D eigenvalue weighted by molar-refractivity contribution is 6.30. The Morgan fingerprint density at radius 1 is 0.792 bits per heavy atom. The van der Waals surface area contributed by atoms with Crippen molar-refractivity contribution in [3.8, 4) is 0 Å². The first-order valence-electron chi connectivity index (χ1n) is 7.55. The van der Waals surface area contributed by atoms with E-state index in [9.17, 15) is 14.0 Å². The molecule has 2 amide bonds. The summed E-state index contributed by atoms with van der Waals surface area (Å²) < 4.78 is 12.8. The first kappa shape index (κ1) is 17.9. The molecule has 4 nitrogen and oxygen atoms in total. The van der Waals surface area contributed by atoms with Gasteiger partial charge in [-0.1, -0.05) is 35.9 Å². The predicted molar refractivity (Wildman–Crippen MR) is 91.3 cm³/mol. The van der Waals surface area contributed by atoms with E-state index in [1.165, 1.54) is 12.1 Å². The van der Waals surface area contributed by atoms with Crippen molar-refractivity contribution in [3.05, 3.63) is 70.5 Å². The lowest BCUT2D eigenvalue weighted by Gasteiger charge is -2.07. The Bertz CT molecular complexity index is 626. The molecule has 126 valence electrons. The minimum absolute atomic E-state index is 0.120. The standard InChI is InChI=1S/C18H18ClFN2O2/c19-15-5-1-13(2-6-15)11-17(23)21-9-10-22-18(24)12-14-3-7-16(20)8-4-14/h1-8H,9-12H2,(H,21,23)(H,22,24). The van der Waals surface area contributed by atoms with Crippen LogP contribution >= 0.6 is 11.6 Å². The van der Waals surface area contributed by atoms with Crippen LogP contribution in [0.5, 0.6) is 0 Å². The maximum Gasteiger partial charge on any atom is 0.224 e. The number of rotatable bonds is 7. The topological polar surface area (TPSA) is 58.2 Å². The summed E-state index contributed by atoms with van der Waals surface area (Å²) in [6.07, 6.45) is 0.444. The monoisotopic (exact) mass is 348 g/mol. The van der Waals surface area contributed by atoms with Gasteiger partial charge in [0, 0.05) is 18.1 Å². The molecule has 0 aliphatic rings. The van der Waals surface area contributed by atoms with Crippen molar-refractivity contribution < 1.29 is 14.0 Å². The van der Waals surface area contributed by atoms with Crippen LogP contribution in [-0.2, 0) is 22.4 Å². The van der Waals surface area contributed by atoms with Crippen LogP contribution in [0.2, 0.25) is 5.02 Å². The fourth-order valence-corrected chi connectivity index (χ4v) is 2.23. The molecule has 0 atom stereocenters. The number of nitrogens with one attached hydrogen (secondary N) is 2. The van der Waals surface area contributed by atoms with E-state index in [-0.39, 0.29) is 30.5 Å². The summed E-state index contributed by atoms with van der Waals surface area (Å²) >= 11 is 5.79. The normalized spacial score (nSPS) is 10.2. The molecule has 2 aromatic carbocycles. The van der Waals surface area contributed by atoms with E-state index in [0.29, 0.717) is 18.1 Å². The molecular formula is C18H18ClFN2O2. The molecule has 0 saturated carbocycles. The summed E-state index contributed by atoms with van der Waals surface area (Å²) in [6, 6.07) is 12.9. The van der Waals surface area contributed by atoms with Gasteiger partial charge in [0.05, 0.1) is 12.8 Å². The van der Waals surface area contributed by atoms with Crippen LogP contribution in [0, 0.1) is 5.82 Å². The molecule has 0 aliphatic heterocycles. The number of carbonyl (C=O) groups is 2. The second kappa shape index (κ2) is 9.03. The summed E-state index contributed by atoms with van der Waals surface area (Å²) in [7, 11) is 0. The Kier molecular flexibility index (Phi) is 6.75. The average Bonchev–Trinajstić information content (AvgIpc) is 2.56. The second-order valence-corrected chi connectivity index (χ2v) is 5.74. The van der Waals surface area contributed by atoms with E-state index >= 15 is 0 Å². The lowest BCUT2D eigenvalue weighted by atomic mass is 10.1. The summed E-state index contributed by atoms with van der Waals surface area (Å²) in [5.41, 5.74) is 1.61. The third-order valence-electron chi connectivity index (χ3n) is 3.33. The van der Waals surface area contributed by atoms with Gasteiger partial charge in [0.25, 0.3) is 0 Å². The van der Waals surface area contributed by atoms with Crippen LogP contribution in [0.25, 0.3) is 0 Å². The molecule has 0 unspecified atom stereocenters. The molecule has 0 bridgehead atoms. The van der Waals surface area contributed by atoms with Crippen molar-refractivity contribution in [1.82, 2.24) is 10.6 Å². The van der Waals surface area contributed by atoms with Crippen LogP contribution in [-0.4, -0.2) is 24.9 Å². The third-order valence-corrected chi connectivity index (χ3v) is 3.58. The molecule has 0 aromatic heterocycles. The molecule has 0 fully saturated rings. The SMILES string of the molecule is O=C(Cc1ccc(F)cc1)NCCNC(=O)Cc1ccc(Cl)cc1. The van der Waals surface area contributed by atoms with Gasteiger partial charge in [-0.05, 0) is 35.4 Å². The maximum atomic E-state index is 12.8. The number of halogens is 2. The van der Waals surface area contributed by atoms with E-state index in [4.69, 9.17) is 11.6 Å². The quantitative estimate of drug-likeness (QED) is 0.755. The van der Waals surface area contributed by atoms with Gasteiger partial charge in [-0.25, -0.2) is 4.39 Å². The van der Waals surface area contributed by atoms with Crippen LogP contribution in [0.4, 0.5) is 4.39 Å². The number of amides is 2. The van der Waals surface area contributed by atoms with Gasteiger partial charge >= 0.3 is 0 Å². The van der Waals surface area contributed by atoms with Crippen molar-refractivity contribution in [2.24, 2.45) is 0 Å². The first-order valence-corrected chi connectivity index (χ1v) is 7.93. The van der Waals surface area contributed by atoms with E-state index in [0.717, 1.165) is 11.1 Å². The molecule has 2 rings (SSSR count). The summed E-state index contributed by atoms with van der Waals surface area (Å²) in [4.78, 5) is 23.5. The Morgan fingerprint density at radius 2 is 1.21 bits per heavy atom. The smallest absolute Gasteiger partial charge is 0.224 e. The van der Waals surface area contributed by atoms with Crippen LogP contribution in [0.3, 0.4) is 0 Å². The number of benzene rings is 2. The fourth-order valence-electron chi connectivity index (χ4n) is 2.10. The van der Waals surface area contributed by atoms with Crippen molar-refractivity contribution in [2.45, 2.75) is 12.8 Å². The number of carbonyl (C=O) groups excluding carboxylic acids is 2. The highest BCUT2D eigenvalue weighted by Gasteiger charge is 2.05. The molecule has 0 heterocycles. The van der Waals surface area contributed by atoms with Gasteiger partial charge in [0.15, 0.2) is 0 Å². The van der Waals surface area contributed by atoms with Gasteiger partial charge in [0.2, 0.25) is 11.8 Å². The Morgan fingerprint density at radius 3 is 1.67 bits per heavy atom. The zero-order chi connectivity index (χ0) is 17.4. The molecule has 0 spiro atoms. The molecular weight excluding hydrogens is 331 g/mol. The summed E-state index contributed by atoms with van der Waals surface area (Å²) in [6.45, 7) is 0.688. The largest absolute Gasteiger partial charge is 0.354 e. The van der Waals surface area contributed by atoms with Gasteiger partial charge in [0.1, 0.15) is 5.82 Å². The van der Waals surface area contributed by atoms with Gasteiger partial charge in [-0.2, -0.15) is 0 Å². The second-order valence-electron chi connectivity index (χ2n) is 5.31. The van der Waals surface area contributed by atoms with E-state index in [1.54, 1.807) is 36.4 Å². The number of hydrogen-bond acceptors (Lipinski definition) is 2. The van der Waals surface area contributed by atoms with Gasteiger partial charge in [-0.3, -0.25) is 9.59 Å². The molecule has 0 radical (unpaired) electrons. The van der Waals surface area contributed by atoms with Crippen molar-refractivity contribution in [1.29, 1.82) is 0 Å². The van der Waals surface area contributed by atoms with Crippen LogP contribution in [0.15, 0.2) is 48.5 Å². The van der Waals surface area contributed by atoms with Crippen LogP contribution in [0.1, 0.15) is 11.1 Å². The number of hydrogen-bond donors (Lipinski definition) is 2. The van der Waals surface area contributed by atoms with E-state index in [1.807, 2.05) is 0 Å². The van der Waals surface area contributed by atoms with Gasteiger partial charge in [-0.15, -0.1) is 0 Å². The molecule has 24 heavy (non-hydrogen) atoms. The highest BCUT2D eigenvalue weighted by Crippen LogP contribution is 2.09. The van der Waals surface area contributed by atoms with Crippen molar-refractivity contribution >= 4 is 23.4 Å². The fraction of sp³-hybridized carbons (Fsp3) is 0.222. The van der Waals surface area contributed by atoms with Crippen molar-refractivity contribution in [2.75, 3.05) is 13.1 Å². The Hall–Kier alpha value is -2.40. The predicted octanol–water partition coefficient (Wildman–Crippen LogP) is 2.50. The van der Waals surface area contributed by atoms with Crippen LogP contribution < -0.4 is 10.6 Å². The molecule has 2 N–H and O–H groups in total. The van der Waals surface area contributed by atoms with Crippen molar-refractivity contribution in [3.63, 3.8) is 0 Å². The Balaban J connectivity index is 1.63. The maximum absolute atomic E-state index is 12.8. The molecule has 2 aromatic rings. The highest BCUT2D eigenvalue weighted by atomic mass is 35.5. The third kappa shape index (κ3) is 6.38. The zero-order valence-corrected chi connectivity index (χ0v) is 13.8. The molecule has 0 aliphatic carbocycles. The van der Waals surface area contributed by atoms with E-state index in [2.05, 4.69) is 10.6 Å². The minimum atomic E-state index is -0.331. The van der Waals surface area contributed by atoms with E-state index < -0.39 is 0 Å². The molecule has 6 heteroatoms. The molecule has 0 saturated heterocycles.